The molecule has 0 bridgehead atoms. The van der Waals surface area contributed by atoms with E-state index in [2.05, 4.69) is 0 Å². The Morgan fingerprint density at radius 2 is 1.51 bits per heavy atom. The molecule has 0 amide bonds. The van der Waals surface area contributed by atoms with Gasteiger partial charge in [0.25, 0.3) is 11.5 Å². The fraction of sp³-hybridized carbons (Fsp3) is 0.244. The number of pyridine rings is 1. The first-order chi connectivity index (χ1) is 28.4. The highest BCUT2D eigenvalue weighted by atomic mass is 35.5. The lowest BCUT2D eigenvalue weighted by Gasteiger charge is -2.26. The number of anilines is 1. The molecule has 14 heteroatoms. The molecule has 2 aliphatic rings. The van der Waals surface area contributed by atoms with E-state index >= 15 is 4.39 Å². The van der Waals surface area contributed by atoms with E-state index in [0.29, 0.717) is 34.6 Å². The van der Waals surface area contributed by atoms with Crippen molar-refractivity contribution in [2.75, 3.05) is 25.7 Å². The van der Waals surface area contributed by atoms with Gasteiger partial charge in [0.15, 0.2) is 5.79 Å². The molecule has 3 atom stereocenters. The van der Waals surface area contributed by atoms with Crippen molar-refractivity contribution in [1.29, 1.82) is 0 Å². The van der Waals surface area contributed by atoms with Gasteiger partial charge in [-0.3, -0.25) is 14.2 Å². The third-order valence-electron chi connectivity index (χ3n) is 10.3. The second-order valence-electron chi connectivity index (χ2n) is 14.7. The molecular formula is C45H40ClFN4O8. The predicted molar refractivity (Wildman–Crippen MR) is 220 cm³/mol. The fourth-order valence-electron chi connectivity index (χ4n) is 7.47. The van der Waals surface area contributed by atoms with Gasteiger partial charge in [0, 0.05) is 48.4 Å². The zero-order chi connectivity index (χ0) is 41.4. The normalized spacial score (nSPS) is 18.0. The van der Waals surface area contributed by atoms with Crippen LogP contribution in [0.5, 0.6) is 17.2 Å². The number of fused-ring (bicyclic) bond motifs is 2. The molecular weight excluding hydrogens is 779 g/mol. The van der Waals surface area contributed by atoms with E-state index in [-0.39, 0.29) is 28.3 Å². The first-order valence-electron chi connectivity index (χ1n) is 18.8. The molecule has 0 spiro atoms. The van der Waals surface area contributed by atoms with E-state index in [1.165, 1.54) is 35.0 Å². The van der Waals surface area contributed by atoms with Crippen LogP contribution in [-0.4, -0.2) is 58.8 Å². The molecule has 1 fully saturated rings. The van der Waals surface area contributed by atoms with Crippen LogP contribution >= 0.6 is 11.6 Å². The lowest BCUT2D eigenvalue weighted by atomic mass is 10.1. The van der Waals surface area contributed by atoms with Crippen LogP contribution in [0, 0.1) is 5.82 Å². The fourth-order valence-corrected chi connectivity index (χ4v) is 7.74. The van der Waals surface area contributed by atoms with Crippen molar-refractivity contribution in [3.8, 4) is 17.2 Å². The van der Waals surface area contributed by atoms with Crippen molar-refractivity contribution >= 4 is 34.2 Å². The number of benzene rings is 4. The molecule has 3 heterocycles. The average Bonchev–Trinajstić information content (AvgIpc) is 3.73. The summed E-state index contributed by atoms with van der Waals surface area (Å²) in [6.45, 7) is 4.32. The molecule has 0 unspecified atom stereocenters. The maximum atomic E-state index is 15.8. The van der Waals surface area contributed by atoms with E-state index in [0.717, 1.165) is 22.6 Å². The third-order valence-corrected chi connectivity index (χ3v) is 10.6. The highest BCUT2D eigenvalue weighted by Gasteiger charge is 2.51. The molecule has 8 rings (SSSR count). The van der Waals surface area contributed by atoms with Gasteiger partial charge in [-0.25, -0.2) is 14.2 Å². The van der Waals surface area contributed by atoms with Crippen LogP contribution in [0.1, 0.15) is 41.4 Å². The number of methoxy groups -OCH3 is 2. The van der Waals surface area contributed by atoms with Gasteiger partial charge in [0.05, 0.1) is 30.8 Å². The van der Waals surface area contributed by atoms with E-state index < -0.39 is 47.0 Å². The molecule has 4 aromatic carbocycles. The van der Waals surface area contributed by atoms with Gasteiger partial charge in [0.2, 0.25) is 0 Å². The number of carbonyl (C=O) groups is 1. The number of halogens is 2. The summed E-state index contributed by atoms with van der Waals surface area (Å²) >= 11 is 6.86. The Kier molecular flexibility index (Phi) is 10.8. The summed E-state index contributed by atoms with van der Waals surface area (Å²) in [5.74, 6) is -0.250. The van der Waals surface area contributed by atoms with Crippen LogP contribution in [0.15, 0.2) is 131 Å². The average molecular weight is 819 g/mol. The van der Waals surface area contributed by atoms with E-state index in [9.17, 15) is 14.4 Å². The van der Waals surface area contributed by atoms with Gasteiger partial charge in [-0.15, -0.1) is 0 Å². The summed E-state index contributed by atoms with van der Waals surface area (Å²) in [6.07, 6.45) is 1.76. The van der Waals surface area contributed by atoms with Crippen molar-refractivity contribution < 1.29 is 32.9 Å². The molecule has 12 nitrogen and oxygen atoms in total. The molecule has 0 N–H and O–H groups in total. The van der Waals surface area contributed by atoms with Gasteiger partial charge < -0.3 is 28.6 Å². The summed E-state index contributed by atoms with van der Waals surface area (Å²) in [5.41, 5.74) is 1.51. The van der Waals surface area contributed by atoms with Crippen LogP contribution in [0.25, 0.3) is 10.9 Å². The Hall–Kier alpha value is -6.28. The minimum absolute atomic E-state index is 0.0547. The summed E-state index contributed by atoms with van der Waals surface area (Å²) in [5, 5.41) is 0.488. The molecule has 0 radical (unpaired) electrons. The van der Waals surface area contributed by atoms with Crippen molar-refractivity contribution in [2.45, 2.75) is 51.0 Å². The summed E-state index contributed by atoms with van der Waals surface area (Å²) < 4.78 is 47.2. The molecule has 0 saturated carbocycles. The molecule has 1 aliphatic heterocycles. The monoisotopic (exact) mass is 818 g/mol. The van der Waals surface area contributed by atoms with Gasteiger partial charge >= 0.3 is 5.69 Å². The smallest absolute Gasteiger partial charge is 0.338 e. The SMILES string of the molecule is COc1ccc(CN(Cc2ccc(OC)cc2)c2nc3cc(OCC4=C[C@@H](n5ccc(=O)n(C(=O)c6ccccc6)c5=O)[C@@H]5OC(C)(C)O[C@H]45)cc(F)c3cc2Cl)cc1. The Balaban J connectivity index is 1.10. The highest BCUT2D eigenvalue weighted by Crippen LogP contribution is 2.43. The largest absolute Gasteiger partial charge is 0.497 e. The minimum Gasteiger partial charge on any atom is -0.497 e. The second-order valence-corrected chi connectivity index (χ2v) is 15.1. The Labute approximate surface area is 343 Å². The Morgan fingerprint density at radius 3 is 2.14 bits per heavy atom. The van der Waals surface area contributed by atoms with E-state index in [4.69, 9.17) is 40.3 Å². The number of ether oxygens (including phenoxy) is 5. The van der Waals surface area contributed by atoms with Gasteiger partial charge in [0.1, 0.15) is 47.7 Å². The topological polar surface area (TPSA) is 123 Å². The van der Waals surface area contributed by atoms with Crippen LogP contribution in [0.3, 0.4) is 0 Å². The van der Waals surface area contributed by atoms with Gasteiger partial charge in [-0.1, -0.05) is 60.1 Å². The zero-order valence-electron chi connectivity index (χ0n) is 32.6. The van der Waals surface area contributed by atoms with Gasteiger partial charge in [-0.05, 0) is 73.0 Å². The Bertz CT molecular complexity index is 2630. The minimum atomic E-state index is -1.02. The number of hydrogen-bond acceptors (Lipinski definition) is 10. The van der Waals surface area contributed by atoms with Crippen molar-refractivity contribution in [3.63, 3.8) is 0 Å². The predicted octanol–water partition coefficient (Wildman–Crippen LogP) is 7.34. The molecule has 59 heavy (non-hydrogen) atoms. The maximum absolute atomic E-state index is 15.8. The highest BCUT2D eigenvalue weighted by molar-refractivity contribution is 6.33. The number of rotatable bonds is 12. The van der Waals surface area contributed by atoms with E-state index in [1.54, 1.807) is 64.5 Å². The standard InChI is InChI=1S/C45H40ClFN4O8/c1-45(2)58-40-30(20-38(41(40)59-45)50-19-18-39(52)51(44(50)54)43(53)29-8-6-5-7-9-29)26-57-33-21-36(47)34-23-35(46)42(48-37(34)22-33)49(24-27-10-14-31(55-3)15-11-27)25-28-12-16-32(56-4)17-13-28/h5-23,38,40-41H,24-26H2,1-4H3/t38-,40-,41+/m1/s1. The second kappa shape index (κ2) is 16.2. The number of aromatic nitrogens is 3. The zero-order valence-corrected chi connectivity index (χ0v) is 33.4. The molecule has 6 aromatic rings. The first-order valence-corrected chi connectivity index (χ1v) is 19.2. The summed E-state index contributed by atoms with van der Waals surface area (Å²) in [6, 6.07) is 28.4. The van der Waals surface area contributed by atoms with Gasteiger partial charge in [-0.2, -0.15) is 4.57 Å². The summed E-state index contributed by atoms with van der Waals surface area (Å²) in [4.78, 5) is 46.9. The first kappa shape index (κ1) is 39.5. The Morgan fingerprint density at radius 1 is 0.864 bits per heavy atom. The molecule has 2 aromatic heterocycles. The van der Waals surface area contributed by atoms with Crippen molar-refractivity contribution in [2.24, 2.45) is 0 Å². The van der Waals surface area contributed by atoms with Crippen LogP contribution in [0.2, 0.25) is 5.02 Å². The summed E-state index contributed by atoms with van der Waals surface area (Å²) in [7, 11) is 3.22. The molecule has 1 aliphatic carbocycles. The molecule has 1 saturated heterocycles. The van der Waals surface area contributed by atoms with Crippen LogP contribution in [0.4, 0.5) is 10.2 Å². The lowest BCUT2D eigenvalue weighted by molar-refractivity contribution is -0.148. The molecule has 302 valence electrons. The van der Waals surface area contributed by atoms with Crippen LogP contribution < -0.4 is 30.4 Å². The number of hydrogen-bond donors (Lipinski definition) is 0. The van der Waals surface area contributed by atoms with Crippen LogP contribution in [-0.2, 0) is 22.6 Å². The number of nitrogens with zero attached hydrogens (tertiary/aromatic N) is 4. The maximum Gasteiger partial charge on any atom is 0.338 e. The quantitative estimate of drug-likeness (QED) is 0.116. The number of carbonyl (C=O) groups excluding carboxylic acids is 1. The van der Waals surface area contributed by atoms with Crippen molar-refractivity contribution in [1.82, 2.24) is 14.1 Å². The van der Waals surface area contributed by atoms with E-state index in [1.807, 2.05) is 53.4 Å². The lowest BCUT2D eigenvalue weighted by Crippen LogP contribution is -2.45. The van der Waals surface area contributed by atoms with Crippen molar-refractivity contribution in [3.05, 3.63) is 169 Å². The third kappa shape index (κ3) is 8.09.